The maximum Gasteiger partial charge on any atom is 0.396 e. The smallest absolute Gasteiger partial charge is 0.325 e. The second-order valence-corrected chi connectivity index (χ2v) is 11.5. The summed E-state index contributed by atoms with van der Waals surface area (Å²) in [5.74, 6) is -1.19. The summed E-state index contributed by atoms with van der Waals surface area (Å²) in [6, 6.07) is 13.3. The maximum atomic E-state index is 14.5. The Morgan fingerprint density at radius 1 is 1.00 bits per heavy atom. The van der Waals surface area contributed by atoms with E-state index in [0.29, 0.717) is 35.9 Å². The molecule has 1 aromatic carbocycles. The zero-order chi connectivity index (χ0) is 25.9. The minimum Gasteiger partial charge on any atom is -0.325 e. The molecular formula is C29H32F3N5. The van der Waals surface area contributed by atoms with E-state index in [1.165, 1.54) is 5.56 Å². The largest absolute Gasteiger partial charge is 0.396 e. The Morgan fingerprint density at radius 3 is 2.46 bits per heavy atom. The molecule has 0 spiro atoms. The number of alkyl halides is 3. The Morgan fingerprint density at radius 2 is 1.76 bits per heavy atom. The number of benzene rings is 1. The Kier molecular flexibility index (Phi) is 5.78. The van der Waals surface area contributed by atoms with Crippen molar-refractivity contribution in [3.8, 4) is 11.5 Å². The molecule has 194 valence electrons. The third-order valence-corrected chi connectivity index (χ3v) is 8.58. The third-order valence-electron chi connectivity index (χ3n) is 8.58. The molecule has 2 aliphatic carbocycles. The molecule has 2 unspecified atom stereocenters. The van der Waals surface area contributed by atoms with Crippen LogP contribution in [0.25, 0.3) is 28.1 Å². The summed E-state index contributed by atoms with van der Waals surface area (Å²) in [6.45, 7) is 3.73. The van der Waals surface area contributed by atoms with Crippen LogP contribution in [0.1, 0.15) is 75.3 Å². The van der Waals surface area contributed by atoms with Crippen LogP contribution in [0.5, 0.6) is 0 Å². The van der Waals surface area contributed by atoms with Crippen molar-refractivity contribution in [2.24, 2.45) is 17.6 Å². The highest BCUT2D eigenvalue weighted by molar-refractivity contribution is 5.84. The molecule has 2 aliphatic rings. The lowest BCUT2D eigenvalue weighted by atomic mass is 9.69. The maximum absolute atomic E-state index is 14.5. The summed E-state index contributed by atoms with van der Waals surface area (Å²) in [4.78, 5) is 4.92. The number of nitrogens with two attached hydrogens (primary N) is 1. The molecule has 0 radical (unpaired) electrons. The van der Waals surface area contributed by atoms with Gasteiger partial charge in [0.1, 0.15) is 5.69 Å². The summed E-state index contributed by atoms with van der Waals surface area (Å²) in [5.41, 5.74) is 9.46. The average molecular weight is 508 g/mol. The molecule has 2 fully saturated rings. The van der Waals surface area contributed by atoms with Crippen molar-refractivity contribution in [2.75, 3.05) is 0 Å². The molecule has 0 amide bonds. The third kappa shape index (κ3) is 4.60. The summed E-state index contributed by atoms with van der Waals surface area (Å²) in [6.07, 6.45) is 2.43. The van der Waals surface area contributed by atoms with Crippen molar-refractivity contribution in [3.63, 3.8) is 0 Å². The zero-order valence-corrected chi connectivity index (χ0v) is 21.2. The first kappa shape index (κ1) is 24.3. The van der Waals surface area contributed by atoms with Gasteiger partial charge in [0.25, 0.3) is 0 Å². The van der Waals surface area contributed by atoms with Crippen molar-refractivity contribution in [1.82, 2.24) is 19.6 Å². The van der Waals surface area contributed by atoms with Crippen LogP contribution in [0.15, 0.2) is 48.7 Å². The fraction of sp³-hybridized carbons (Fsp3) is 0.483. The molecule has 2 saturated carbocycles. The molecule has 2 N–H and O–H groups in total. The van der Waals surface area contributed by atoms with Gasteiger partial charge in [-0.25, -0.2) is 4.98 Å². The van der Waals surface area contributed by atoms with Gasteiger partial charge in [-0.15, -0.1) is 10.2 Å². The molecule has 3 aromatic heterocycles. The number of rotatable bonds is 5. The monoisotopic (exact) mass is 507 g/mol. The highest BCUT2D eigenvalue weighted by atomic mass is 19.4. The molecular weight excluding hydrogens is 475 g/mol. The van der Waals surface area contributed by atoms with Crippen molar-refractivity contribution in [3.05, 3.63) is 59.8 Å². The summed E-state index contributed by atoms with van der Waals surface area (Å²) >= 11 is 0. The first-order valence-corrected chi connectivity index (χ1v) is 13.2. The Balaban J connectivity index is 1.39. The van der Waals surface area contributed by atoms with E-state index >= 15 is 0 Å². The molecule has 4 aromatic rings. The van der Waals surface area contributed by atoms with Crippen LogP contribution in [0, 0.1) is 11.8 Å². The number of para-hydroxylation sites is 1. The van der Waals surface area contributed by atoms with Crippen LogP contribution in [0.2, 0.25) is 0 Å². The number of pyridine rings is 2. The number of fused-ring (bicyclic) bond motifs is 2. The number of aromatic nitrogens is 4. The van der Waals surface area contributed by atoms with Gasteiger partial charge < -0.3 is 5.73 Å². The normalized spacial score (nSPS) is 24.4. The molecule has 37 heavy (non-hydrogen) atoms. The average Bonchev–Trinajstić information content (AvgIpc) is 3.61. The van der Waals surface area contributed by atoms with E-state index < -0.39 is 18.0 Å². The van der Waals surface area contributed by atoms with Crippen LogP contribution in [-0.2, 0) is 0 Å². The van der Waals surface area contributed by atoms with E-state index in [-0.39, 0.29) is 17.0 Å². The van der Waals surface area contributed by atoms with Gasteiger partial charge in [-0.2, -0.15) is 13.2 Å². The molecule has 0 aliphatic heterocycles. The first-order valence-electron chi connectivity index (χ1n) is 13.2. The predicted octanol–water partition coefficient (Wildman–Crippen LogP) is 7.01. The standard InChI is InChI=1S/C29H32F3N5/c1-17(18-12-14-28(2,33)15-13-18)25(29(30,31)32)21-9-11-24-35-36-27(37(24)16-21)23-10-8-20-4-3-5-22(19-6-7-19)26(20)34-23/h3-5,8-11,16-19,25H,6-7,12-15,33H2,1-2H3. The van der Waals surface area contributed by atoms with Gasteiger partial charge in [0.05, 0.1) is 11.4 Å². The number of hydrogen-bond donors (Lipinski definition) is 1. The van der Waals surface area contributed by atoms with E-state index in [0.717, 1.165) is 36.6 Å². The zero-order valence-electron chi connectivity index (χ0n) is 21.2. The lowest BCUT2D eigenvalue weighted by Crippen LogP contribution is -2.42. The number of nitrogens with zero attached hydrogens (tertiary/aromatic N) is 4. The molecule has 2 atom stereocenters. The van der Waals surface area contributed by atoms with E-state index in [2.05, 4.69) is 22.3 Å². The summed E-state index contributed by atoms with van der Waals surface area (Å²) in [7, 11) is 0. The minimum atomic E-state index is -4.37. The predicted molar refractivity (Wildman–Crippen MR) is 138 cm³/mol. The van der Waals surface area contributed by atoms with E-state index in [9.17, 15) is 13.2 Å². The van der Waals surface area contributed by atoms with Crippen LogP contribution < -0.4 is 5.73 Å². The topological polar surface area (TPSA) is 69.1 Å². The molecule has 5 nitrogen and oxygen atoms in total. The van der Waals surface area contributed by atoms with E-state index in [1.807, 2.05) is 25.1 Å². The molecule has 3 heterocycles. The Bertz CT molecular complexity index is 1440. The lowest BCUT2D eigenvalue weighted by molar-refractivity contribution is -0.166. The van der Waals surface area contributed by atoms with Crippen LogP contribution in [0.3, 0.4) is 0 Å². The van der Waals surface area contributed by atoms with Gasteiger partial charge in [0.2, 0.25) is 0 Å². The quantitative estimate of drug-likeness (QED) is 0.315. The summed E-state index contributed by atoms with van der Waals surface area (Å²) in [5, 5.41) is 9.62. The minimum absolute atomic E-state index is 0.0256. The number of halogens is 3. The SMILES string of the molecule is CC(C1CCC(C)(N)CC1)C(c1ccc2nnc(-c3ccc4cccc(C5CC5)c4n3)n2c1)C(F)(F)F. The first-order chi connectivity index (χ1) is 17.6. The fourth-order valence-corrected chi connectivity index (χ4v) is 6.17. The van der Waals surface area contributed by atoms with E-state index in [1.54, 1.807) is 29.7 Å². The van der Waals surface area contributed by atoms with Crippen LogP contribution >= 0.6 is 0 Å². The fourth-order valence-electron chi connectivity index (χ4n) is 6.17. The summed E-state index contributed by atoms with van der Waals surface area (Å²) < 4.78 is 45.3. The van der Waals surface area contributed by atoms with Gasteiger partial charge in [-0.05, 0) is 86.5 Å². The van der Waals surface area contributed by atoms with Gasteiger partial charge >= 0.3 is 6.18 Å². The highest BCUT2D eigenvalue weighted by Crippen LogP contribution is 2.47. The van der Waals surface area contributed by atoms with Crippen molar-refractivity contribution in [2.45, 2.75) is 75.9 Å². The van der Waals surface area contributed by atoms with Crippen molar-refractivity contribution in [1.29, 1.82) is 0 Å². The van der Waals surface area contributed by atoms with E-state index in [4.69, 9.17) is 10.7 Å². The van der Waals surface area contributed by atoms with Gasteiger partial charge in [-0.1, -0.05) is 37.3 Å². The van der Waals surface area contributed by atoms with Crippen LogP contribution in [-0.4, -0.2) is 31.3 Å². The van der Waals surface area contributed by atoms with Crippen LogP contribution in [0.4, 0.5) is 13.2 Å². The van der Waals surface area contributed by atoms with Crippen molar-refractivity contribution >= 4 is 16.6 Å². The lowest BCUT2D eigenvalue weighted by Gasteiger charge is -2.39. The molecule has 0 saturated heterocycles. The van der Waals surface area contributed by atoms with Crippen molar-refractivity contribution < 1.29 is 13.2 Å². The highest BCUT2D eigenvalue weighted by Gasteiger charge is 2.47. The number of hydrogen-bond acceptors (Lipinski definition) is 4. The van der Waals surface area contributed by atoms with Gasteiger partial charge in [0.15, 0.2) is 11.5 Å². The Labute approximate surface area is 214 Å². The Hall–Kier alpha value is -3.00. The second kappa shape index (κ2) is 8.79. The van der Waals surface area contributed by atoms with Gasteiger partial charge in [0, 0.05) is 17.1 Å². The molecule has 8 heteroatoms. The molecule has 6 rings (SSSR count). The second-order valence-electron chi connectivity index (χ2n) is 11.5. The van der Waals surface area contributed by atoms with Gasteiger partial charge in [-0.3, -0.25) is 4.40 Å². The molecule has 0 bridgehead atoms.